The molecule has 0 radical (unpaired) electrons. The van der Waals surface area contributed by atoms with Crippen molar-refractivity contribution >= 4 is 17.2 Å². The van der Waals surface area contributed by atoms with Crippen LogP contribution in [0.1, 0.15) is 32.2 Å². The molecule has 0 saturated heterocycles. The molecule has 1 amide bonds. The largest absolute Gasteiger partial charge is 0.497 e. The molecule has 0 fully saturated rings. The lowest BCUT2D eigenvalue weighted by Crippen LogP contribution is -2.35. The summed E-state index contributed by atoms with van der Waals surface area (Å²) in [6.07, 6.45) is 0.860. The number of methoxy groups -OCH3 is 1. The zero-order valence-corrected chi connectivity index (χ0v) is 16.8. The fourth-order valence-corrected chi connectivity index (χ4v) is 3.94. The molecule has 2 heterocycles. The summed E-state index contributed by atoms with van der Waals surface area (Å²) < 4.78 is 11.1. The molecule has 0 bridgehead atoms. The standard InChI is InChI=1S/C22H22N2O3S/c1-15-23-19(14-28-15)13-27-20-6-4-17(5-7-20)22(25)24-10-9-16-3-8-21(26-2)11-18(16)12-24/h3-8,11,14H,9-10,12-13H2,1-2H3. The summed E-state index contributed by atoms with van der Waals surface area (Å²) in [5.74, 6) is 1.59. The Morgan fingerprint density at radius 2 is 1.93 bits per heavy atom. The number of amides is 1. The minimum absolute atomic E-state index is 0.0372. The van der Waals surface area contributed by atoms with Crippen LogP contribution < -0.4 is 9.47 Å². The Kier molecular flexibility index (Phi) is 5.30. The molecular formula is C22H22N2O3S. The average Bonchev–Trinajstić information content (AvgIpc) is 3.16. The van der Waals surface area contributed by atoms with Gasteiger partial charge in [0.2, 0.25) is 0 Å². The summed E-state index contributed by atoms with van der Waals surface area (Å²) in [4.78, 5) is 19.2. The van der Waals surface area contributed by atoms with Gasteiger partial charge in [-0.1, -0.05) is 6.07 Å². The summed E-state index contributed by atoms with van der Waals surface area (Å²) in [5, 5.41) is 3.02. The predicted molar refractivity (Wildman–Crippen MR) is 109 cm³/mol. The van der Waals surface area contributed by atoms with Crippen LogP contribution in [-0.2, 0) is 19.6 Å². The molecule has 5 nitrogen and oxygen atoms in total. The van der Waals surface area contributed by atoms with E-state index in [1.165, 1.54) is 5.56 Å². The summed E-state index contributed by atoms with van der Waals surface area (Å²) >= 11 is 1.61. The van der Waals surface area contributed by atoms with Crippen LogP contribution in [0, 0.1) is 6.92 Å². The SMILES string of the molecule is COc1ccc2c(c1)CN(C(=O)c1ccc(OCc3csc(C)n3)cc1)CC2. The number of hydrogen-bond acceptors (Lipinski definition) is 5. The number of benzene rings is 2. The van der Waals surface area contributed by atoms with Gasteiger partial charge in [-0.25, -0.2) is 4.98 Å². The van der Waals surface area contributed by atoms with E-state index in [1.807, 2.05) is 53.6 Å². The summed E-state index contributed by atoms with van der Waals surface area (Å²) in [7, 11) is 1.66. The van der Waals surface area contributed by atoms with E-state index in [-0.39, 0.29) is 5.91 Å². The first-order valence-electron chi connectivity index (χ1n) is 9.21. The van der Waals surface area contributed by atoms with Gasteiger partial charge in [0.1, 0.15) is 18.1 Å². The van der Waals surface area contributed by atoms with Gasteiger partial charge >= 0.3 is 0 Å². The van der Waals surface area contributed by atoms with Crippen molar-refractivity contribution in [2.75, 3.05) is 13.7 Å². The molecule has 0 aliphatic carbocycles. The van der Waals surface area contributed by atoms with E-state index in [4.69, 9.17) is 9.47 Å². The Bertz CT molecular complexity index is 982. The molecule has 144 valence electrons. The summed E-state index contributed by atoms with van der Waals surface area (Å²) in [6.45, 7) is 3.73. The number of hydrogen-bond donors (Lipinski definition) is 0. The number of carbonyl (C=O) groups is 1. The maximum Gasteiger partial charge on any atom is 0.254 e. The first kappa shape index (κ1) is 18.5. The van der Waals surface area contributed by atoms with E-state index >= 15 is 0 Å². The van der Waals surface area contributed by atoms with Gasteiger partial charge in [0, 0.05) is 24.0 Å². The third kappa shape index (κ3) is 4.02. The Labute approximate surface area is 168 Å². The third-order valence-electron chi connectivity index (χ3n) is 4.87. The van der Waals surface area contributed by atoms with Crippen LogP contribution in [0.2, 0.25) is 0 Å². The molecule has 0 atom stereocenters. The molecule has 1 aliphatic rings. The zero-order chi connectivity index (χ0) is 19.5. The average molecular weight is 394 g/mol. The highest BCUT2D eigenvalue weighted by Gasteiger charge is 2.22. The second kappa shape index (κ2) is 8.02. The Hall–Kier alpha value is -2.86. The van der Waals surface area contributed by atoms with E-state index in [1.54, 1.807) is 18.4 Å². The molecule has 4 rings (SSSR count). The smallest absolute Gasteiger partial charge is 0.254 e. The molecule has 0 unspecified atom stereocenters. The Balaban J connectivity index is 1.40. The van der Waals surface area contributed by atoms with Gasteiger partial charge in [-0.3, -0.25) is 4.79 Å². The Morgan fingerprint density at radius 1 is 1.14 bits per heavy atom. The van der Waals surface area contributed by atoms with Crippen LogP contribution in [0.25, 0.3) is 0 Å². The molecule has 0 saturated carbocycles. The quantitative estimate of drug-likeness (QED) is 0.650. The van der Waals surface area contributed by atoms with Crippen LogP contribution in [0.4, 0.5) is 0 Å². The van der Waals surface area contributed by atoms with Crippen molar-refractivity contribution in [2.45, 2.75) is 26.5 Å². The molecule has 0 N–H and O–H groups in total. The van der Waals surface area contributed by atoms with Crippen LogP contribution in [0.3, 0.4) is 0 Å². The molecule has 1 aliphatic heterocycles. The molecular weight excluding hydrogens is 372 g/mol. The normalized spacial score (nSPS) is 13.1. The molecule has 3 aromatic rings. The number of nitrogens with zero attached hydrogens (tertiary/aromatic N) is 2. The fraction of sp³-hybridized carbons (Fsp3) is 0.273. The van der Waals surface area contributed by atoms with Crippen molar-refractivity contribution in [1.82, 2.24) is 9.88 Å². The molecule has 6 heteroatoms. The lowest BCUT2D eigenvalue weighted by molar-refractivity contribution is 0.0734. The van der Waals surface area contributed by atoms with E-state index < -0.39 is 0 Å². The second-order valence-corrected chi connectivity index (χ2v) is 7.84. The van der Waals surface area contributed by atoms with Gasteiger partial charge in [0.05, 0.1) is 17.8 Å². The number of aryl methyl sites for hydroxylation is 1. The van der Waals surface area contributed by atoms with Crippen molar-refractivity contribution in [3.05, 3.63) is 75.2 Å². The van der Waals surface area contributed by atoms with E-state index in [9.17, 15) is 4.79 Å². The van der Waals surface area contributed by atoms with Crippen molar-refractivity contribution < 1.29 is 14.3 Å². The summed E-state index contributed by atoms with van der Waals surface area (Å²) in [5.41, 5.74) is 4.02. The van der Waals surface area contributed by atoms with E-state index in [0.29, 0.717) is 18.7 Å². The highest BCUT2D eigenvalue weighted by atomic mass is 32.1. The molecule has 28 heavy (non-hydrogen) atoms. The van der Waals surface area contributed by atoms with Crippen LogP contribution in [-0.4, -0.2) is 29.4 Å². The van der Waals surface area contributed by atoms with Crippen molar-refractivity contribution in [1.29, 1.82) is 0 Å². The van der Waals surface area contributed by atoms with Crippen LogP contribution in [0.15, 0.2) is 47.8 Å². The first-order chi connectivity index (χ1) is 13.6. The van der Waals surface area contributed by atoms with Crippen molar-refractivity contribution in [3.8, 4) is 11.5 Å². The molecule has 1 aromatic heterocycles. The zero-order valence-electron chi connectivity index (χ0n) is 16.0. The second-order valence-electron chi connectivity index (χ2n) is 6.78. The number of carbonyl (C=O) groups excluding carboxylic acids is 1. The topological polar surface area (TPSA) is 51.7 Å². The number of thiazole rings is 1. The van der Waals surface area contributed by atoms with E-state index in [0.717, 1.165) is 40.7 Å². The van der Waals surface area contributed by atoms with Gasteiger partial charge in [-0.05, 0) is 60.9 Å². The maximum atomic E-state index is 12.9. The minimum Gasteiger partial charge on any atom is -0.497 e. The maximum absolute atomic E-state index is 12.9. The highest BCUT2D eigenvalue weighted by molar-refractivity contribution is 7.09. The van der Waals surface area contributed by atoms with Crippen LogP contribution >= 0.6 is 11.3 Å². The first-order valence-corrected chi connectivity index (χ1v) is 10.1. The molecule has 0 spiro atoms. The van der Waals surface area contributed by atoms with Crippen molar-refractivity contribution in [2.24, 2.45) is 0 Å². The third-order valence-corrected chi connectivity index (χ3v) is 5.69. The van der Waals surface area contributed by atoms with Gasteiger partial charge in [-0.15, -0.1) is 11.3 Å². The van der Waals surface area contributed by atoms with E-state index in [2.05, 4.69) is 11.1 Å². The summed E-state index contributed by atoms with van der Waals surface area (Å²) in [6, 6.07) is 13.4. The van der Waals surface area contributed by atoms with Crippen LogP contribution in [0.5, 0.6) is 11.5 Å². The lowest BCUT2D eigenvalue weighted by atomic mass is 9.99. The molecule has 2 aromatic carbocycles. The fourth-order valence-electron chi connectivity index (χ4n) is 3.34. The van der Waals surface area contributed by atoms with Gasteiger partial charge < -0.3 is 14.4 Å². The lowest BCUT2D eigenvalue weighted by Gasteiger charge is -2.29. The monoisotopic (exact) mass is 394 g/mol. The predicted octanol–water partition coefficient (Wildman–Crippen LogP) is 4.24. The Morgan fingerprint density at radius 3 is 2.64 bits per heavy atom. The number of fused-ring (bicyclic) bond motifs is 1. The van der Waals surface area contributed by atoms with Gasteiger partial charge in [0.15, 0.2) is 0 Å². The van der Waals surface area contributed by atoms with Crippen molar-refractivity contribution in [3.63, 3.8) is 0 Å². The minimum atomic E-state index is 0.0372. The number of rotatable bonds is 5. The highest BCUT2D eigenvalue weighted by Crippen LogP contribution is 2.25. The number of ether oxygens (including phenoxy) is 2. The van der Waals surface area contributed by atoms with Gasteiger partial charge in [0.25, 0.3) is 5.91 Å². The van der Waals surface area contributed by atoms with Gasteiger partial charge in [-0.2, -0.15) is 0 Å². The number of aromatic nitrogens is 1.